The summed E-state index contributed by atoms with van der Waals surface area (Å²) >= 11 is 0. The molecule has 0 rings (SSSR count). The van der Waals surface area contributed by atoms with E-state index >= 15 is 0 Å². The molecule has 0 saturated carbocycles. The van der Waals surface area contributed by atoms with Crippen molar-refractivity contribution >= 4 is 11.9 Å². The second kappa shape index (κ2) is 5.58. The summed E-state index contributed by atoms with van der Waals surface area (Å²) in [5, 5.41) is 0. The fraction of sp³-hybridized carbons (Fsp3) is 0.700. The van der Waals surface area contributed by atoms with Gasteiger partial charge in [-0.3, -0.25) is 0 Å². The van der Waals surface area contributed by atoms with Gasteiger partial charge in [-0.2, -0.15) is 0 Å². The lowest BCUT2D eigenvalue weighted by Gasteiger charge is -2.16. The quantitative estimate of drug-likeness (QED) is 0.534. The van der Waals surface area contributed by atoms with Crippen molar-refractivity contribution in [2.24, 2.45) is 11.7 Å². The van der Waals surface area contributed by atoms with Gasteiger partial charge in [-0.05, 0) is 19.8 Å². The molecule has 14 heavy (non-hydrogen) atoms. The summed E-state index contributed by atoms with van der Waals surface area (Å²) in [6.07, 6.45) is -0.228. The number of esters is 1. The molecular weight excluding hydrogens is 182 g/mol. The van der Waals surface area contributed by atoms with Crippen LogP contribution in [-0.4, -0.2) is 24.1 Å². The Morgan fingerprint density at radius 2 is 1.79 bits per heavy atom. The molecule has 1 atom stereocenters. The number of nitrogens with two attached hydrogens (primary N) is 1. The van der Waals surface area contributed by atoms with E-state index in [0.29, 0.717) is 0 Å². The summed E-state index contributed by atoms with van der Waals surface area (Å²) in [6, 6.07) is -0.991. The van der Waals surface area contributed by atoms with Crippen LogP contribution in [0.5, 0.6) is 0 Å². The largest absolute Gasteiger partial charge is 0.462 e. The van der Waals surface area contributed by atoms with Crippen molar-refractivity contribution in [2.75, 3.05) is 0 Å². The minimum Gasteiger partial charge on any atom is -0.462 e. The number of hydrogen-bond acceptors (Lipinski definition) is 4. The van der Waals surface area contributed by atoms with Crippen LogP contribution in [0.2, 0.25) is 0 Å². The molecule has 0 radical (unpaired) electrons. The van der Waals surface area contributed by atoms with Crippen molar-refractivity contribution < 1.29 is 14.3 Å². The first-order valence-electron chi connectivity index (χ1n) is 4.61. The van der Waals surface area contributed by atoms with Gasteiger partial charge in [0.1, 0.15) is 12.0 Å². The molecule has 0 bridgehead atoms. The minimum atomic E-state index is -0.991. The molecule has 1 unspecified atom stereocenters. The lowest BCUT2D eigenvalue weighted by atomic mass is 9.98. The van der Waals surface area contributed by atoms with Gasteiger partial charge in [0.2, 0.25) is 0 Å². The number of carbonyl (C=O) groups excluding carboxylic acids is 2. The molecule has 4 heteroatoms. The summed E-state index contributed by atoms with van der Waals surface area (Å²) in [6.45, 7) is 7.01. The molecule has 0 saturated heterocycles. The fourth-order valence-electron chi connectivity index (χ4n) is 0.973. The Hall–Kier alpha value is -1.12. The third-order valence-corrected chi connectivity index (χ3v) is 1.68. The Morgan fingerprint density at radius 1 is 1.29 bits per heavy atom. The first-order valence-corrected chi connectivity index (χ1v) is 4.61. The van der Waals surface area contributed by atoms with E-state index in [0.717, 1.165) is 0 Å². The van der Waals surface area contributed by atoms with Crippen LogP contribution in [-0.2, 0) is 14.3 Å². The Balaban J connectivity index is 4.52. The average Bonchev–Trinajstić information content (AvgIpc) is 2.03. The third-order valence-electron chi connectivity index (χ3n) is 1.68. The zero-order valence-corrected chi connectivity index (χ0v) is 9.03. The monoisotopic (exact) mass is 199 g/mol. The van der Waals surface area contributed by atoms with Gasteiger partial charge >= 0.3 is 5.97 Å². The lowest BCUT2D eigenvalue weighted by molar-refractivity contribution is -0.148. The number of ether oxygens (including phenoxy) is 1. The van der Waals surface area contributed by atoms with Crippen LogP contribution in [0.15, 0.2) is 5.57 Å². The Labute approximate surface area is 84.1 Å². The maximum Gasteiger partial charge on any atom is 0.328 e. The molecule has 0 heterocycles. The van der Waals surface area contributed by atoms with Gasteiger partial charge in [-0.1, -0.05) is 13.8 Å². The van der Waals surface area contributed by atoms with E-state index in [1.807, 2.05) is 0 Å². The van der Waals surface area contributed by atoms with Gasteiger partial charge < -0.3 is 10.5 Å². The van der Waals surface area contributed by atoms with Gasteiger partial charge in [0.15, 0.2) is 0 Å². The van der Waals surface area contributed by atoms with Crippen molar-refractivity contribution in [3.63, 3.8) is 0 Å². The van der Waals surface area contributed by atoms with Crippen molar-refractivity contribution in [2.45, 2.75) is 39.8 Å². The molecule has 0 aromatic carbocycles. The maximum absolute atomic E-state index is 11.3. The first kappa shape index (κ1) is 12.9. The number of carbonyl (C=O) groups is 1. The summed E-state index contributed by atoms with van der Waals surface area (Å²) in [5.41, 5.74) is 5.79. The van der Waals surface area contributed by atoms with Gasteiger partial charge in [-0.15, -0.1) is 0 Å². The Bertz CT molecular complexity index is 252. The Morgan fingerprint density at radius 3 is 2.07 bits per heavy atom. The predicted molar refractivity (Wildman–Crippen MR) is 53.2 cm³/mol. The van der Waals surface area contributed by atoms with Crippen molar-refractivity contribution in [3.8, 4) is 0 Å². The lowest BCUT2D eigenvalue weighted by Crippen LogP contribution is -2.37. The van der Waals surface area contributed by atoms with E-state index in [2.05, 4.69) is 0 Å². The molecule has 0 aromatic heterocycles. The average molecular weight is 199 g/mol. The van der Waals surface area contributed by atoms with Crippen LogP contribution in [0.3, 0.4) is 0 Å². The van der Waals surface area contributed by atoms with Gasteiger partial charge in [0.25, 0.3) is 0 Å². The molecular formula is C10H17NO3. The van der Waals surface area contributed by atoms with E-state index in [1.165, 1.54) is 0 Å². The molecule has 0 spiro atoms. The van der Waals surface area contributed by atoms with Crippen LogP contribution in [0, 0.1) is 5.92 Å². The van der Waals surface area contributed by atoms with Gasteiger partial charge in [0, 0.05) is 5.57 Å². The van der Waals surface area contributed by atoms with E-state index in [9.17, 15) is 9.59 Å². The normalized spacial score (nSPS) is 12.5. The highest BCUT2D eigenvalue weighted by Gasteiger charge is 2.23. The highest BCUT2D eigenvalue weighted by Crippen LogP contribution is 2.10. The molecule has 0 aliphatic carbocycles. The Kier molecular flexibility index (Phi) is 5.13. The van der Waals surface area contributed by atoms with E-state index < -0.39 is 12.0 Å². The van der Waals surface area contributed by atoms with E-state index in [4.69, 9.17) is 10.5 Å². The molecule has 4 nitrogen and oxygen atoms in total. The minimum absolute atomic E-state index is 0.0952. The number of rotatable bonds is 4. The first-order chi connectivity index (χ1) is 6.40. The molecule has 0 amide bonds. The van der Waals surface area contributed by atoms with Crippen LogP contribution in [0.4, 0.5) is 0 Å². The van der Waals surface area contributed by atoms with Crippen molar-refractivity contribution in [1.82, 2.24) is 0 Å². The highest BCUT2D eigenvalue weighted by atomic mass is 16.5. The summed E-state index contributed by atoms with van der Waals surface area (Å²) < 4.78 is 4.88. The summed E-state index contributed by atoms with van der Waals surface area (Å²) in [7, 11) is 0. The fourth-order valence-corrected chi connectivity index (χ4v) is 0.973. The highest BCUT2D eigenvalue weighted by molar-refractivity contribution is 5.82. The summed E-state index contributed by atoms with van der Waals surface area (Å²) in [4.78, 5) is 21.8. The topological polar surface area (TPSA) is 69.4 Å². The molecule has 0 aliphatic heterocycles. The SMILES string of the molecule is CC(C)OC(=O)C(N)C(=C=O)C(C)C. The van der Waals surface area contributed by atoms with Crippen molar-refractivity contribution in [1.29, 1.82) is 0 Å². The predicted octanol–water partition coefficient (Wildman–Crippen LogP) is 0.679. The second-order valence-corrected chi connectivity index (χ2v) is 3.68. The van der Waals surface area contributed by atoms with E-state index in [1.54, 1.807) is 33.6 Å². The smallest absolute Gasteiger partial charge is 0.328 e. The molecule has 2 N–H and O–H groups in total. The van der Waals surface area contributed by atoms with Gasteiger partial charge in [-0.25, -0.2) is 9.59 Å². The molecule has 0 aliphatic rings. The second-order valence-electron chi connectivity index (χ2n) is 3.68. The van der Waals surface area contributed by atoms with Gasteiger partial charge in [0.05, 0.1) is 6.10 Å². The van der Waals surface area contributed by atoms with Crippen molar-refractivity contribution in [3.05, 3.63) is 5.57 Å². The van der Waals surface area contributed by atoms with Crippen LogP contribution in [0.25, 0.3) is 0 Å². The number of hydrogen-bond donors (Lipinski definition) is 1. The third kappa shape index (κ3) is 3.73. The molecule has 0 fully saturated rings. The van der Waals surface area contributed by atoms with Crippen LogP contribution < -0.4 is 5.73 Å². The standard InChI is InChI=1S/C10H17NO3/c1-6(2)8(5-12)9(11)10(13)14-7(3)4/h6-7,9H,11H2,1-4H3. The van der Waals surface area contributed by atoms with Crippen LogP contribution in [0.1, 0.15) is 27.7 Å². The summed E-state index contributed by atoms with van der Waals surface area (Å²) in [5.74, 6) is 1.02. The van der Waals surface area contributed by atoms with Crippen LogP contribution >= 0.6 is 0 Å². The zero-order chi connectivity index (χ0) is 11.3. The molecule has 0 aromatic rings. The maximum atomic E-state index is 11.3. The van der Waals surface area contributed by atoms with E-state index in [-0.39, 0.29) is 17.6 Å². The zero-order valence-electron chi connectivity index (χ0n) is 9.03. The molecule has 80 valence electrons.